The van der Waals surface area contributed by atoms with Crippen molar-refractivity contribution < 1.29 is 8.42 Å². The first-order chi connectivity index (χ1) is 8.46. The van der Waals surface area contributed by atoms with Gasteiger partial charge in [-0.1, -0.05) is 0 Å². The zero-order chi connectivity index (χ0) is 13.2. The van der Waals surface area contributed by atoms with Crippen molar-refractivity contribution in [3.8, 4) is 9.88 Å². The Morgan fingerprint density at radius 3 is 2.83 bits per heavy atom. The summed E-state index contributed by atoms with van der Waals surface area (Å²) in [6, 6.07) is -0.336. The van der Waals surface area contributed by atoms with Crippen LogP contribution in [0.3, 0.4) is 0 Å². The molecule has 0 amide bonds. The van der Waals surface area contributed by atoms with Gasteiger partial charge in [-0.2, -0.15) is 0 Å². The average molecular weight is 303 g/mol. The zero-order valence-corrected chi connectivity index (χ0v) is 12.2. The molecule has 98 valence electrons. The van der Waals surface area contributed by atoms with E-state index in [9.17, 15) is 8.42 Å². The van der Waals surface area contributed by atoms with Crippen LogP contribution >= 0.6 is 22.7 Å². The van der Waals surface area contributed by atoms with Crippen molar-refractivity contribution in [1.29, 1.82) is 0 Å². The van der Waals surface area contributed by atoms with Gasteiger partial charge in [-0.3, -0.25) is 4.98 Å². The Kier molecular flexibility index (Phi) is 4.10. The van der Waals surface area contributed by atoms with E-state index in [1.165, 1.54) is 28.9 Å². The maximum Gasteiger partial charge on any atom is 0.147 e. The summed E-state index contributed by atoms with van der Waals surface area (Å²) in [4.78, 5) is 9.42. The molecule has 2 rings (SSSR count). The molecular formula is C10H13N3O2S3. The summed E-state index contributed by atoms with van der Waals surface area (Å²) in [7, 11) is -2.98. The summed E-state index contributed by atoms with van der Waals surface area (Å²) in [5.74, 6) is 0.0849. The minimum absolute atomic E-state index is 0.0849. The van der Waals surface area contributed by atoms with Crippen LogP contribution in [0.2, 0.25) is 0 Å². The van der Waals surface area contributed by atoms with Crippen molar-refractivity contribution >= 4 is 32.5 Å². The molecule has 0 saturated carbocycles. The molecule has 1 unspecified atom stereocenters. The van der Waals surface area contributed by atoms with Crippen LogP contribution in [0.25, 0.3) is 9.88 Å². The van der Waals surface area contributed by atoms with Crippen LogP contribution in [-0.2, 0) is 9.84 Å². The summed E-state index contributed by atoms with van der Waals surface area (Å²) < 4.78 is 22.2. The van der Waals surface area contributed by atoms with Crippen LogP contribution in [-0.4, -0.2) is 30.4 Å². The first-order valence-corrected chi connectivity index (χ1v) is 9.05. The monoisotopic (exact) mass is 303 g/mol. The van der Waals surface area contributed by atoms with Gasteiger partial charge in [0.15, 0.2) is 0 Å². The molecule has 2 heterocycles. The van der Waals surface area contributed by atoms with Gasteiger partial charge in [0.2, 0.25) is 0 Å². The summed E-state index contributed by atoms with van der Waals surface area (Å²) in [6.07, 6.45) is 3.36. The van der Waals surface area contributed by atoms with E-state index >= 15 is 0 Å². The molecule has 0 radical (unpaired) electrons. The topological polar surface area (TPSA) is 85.9 Å². The van der Waals surface area contributed by atoms with Gasteiger partial charge in [-0.15, -0.1) is 22.7 Å². The van der Waals surface area contributed by atoms with Crippen LogP contribution in [0.4, 0.5) is 0 Å². The summed E-state index contributed by atoms with van der Waals surface area (Å²) in [6.45, 7) is 0. The molecule has 0 saturated heterocycles. The molecule has 0 aliphatic rings. The minimum Gasteiger partial charge on any atom is -0.323 e. The van der Waals surface area contributed by atoms with Crippen molar-refractivity contribution in [1.82, 2.24) is 9.97 Å². The molecule has 18 heavy (non-hydrogen) atoms. The molecule has 2 aromatic rings. The molecule has 2 N–H and O–H groups in total. The van der Waals surface area contributed by atoms with E-state index in [2.05, 4.69) is 9.97 Å². The van der Waals surface area contributed by atoms with E-state index in [0.29, 0.717) is 6.42 Å². The molecule has 0 bridgehead atoms. The smallest absolute Gasteiger partial charge is 0.147 e. The molecule has 0 aliphatic carbocycles. The van der Waals surface area contributed by atoms with Crippen molar-refractivity contribution in [2.75, 3.05) is 12.0 Å². The number of hydrogen-bond donors (Lipinski definition) is 1. The van der Waals surface area contributed by atoms with Crippen LogP contribution in [0.15, 0.2) is 17.1 Å². The lowest BCUT2D eigenvalue weighted by Crippen LogP contribution is -2.15. The lowest BCUT2D eigenvalue weighted by atomic mass is 10.2. The lowest BCUT2D eigenvalue weighted by Gasteiger charge is -2.07. The highest BCUT2D eigenvalue weighted by molar-refractivity contribution is 7.90. The largest absolute Gasteiger partial charge is 0.323 e. The van der Waals surface area contributed by atoms with Crippen LogP contribution in [0.1, 0.15) is 18.2 Å². The minimum atomic E-state index is -2.98. The normalized spacial score (nSPS) is 13.7. The Morgan fingerprint density at radius 1 is 1.44 bits per heavy atom. The van der Waals surface area contributed by atoms with Gasteiger partial charge in [-0.05, 0) is 6.42 Å². The van der Waals surface area contributed by atoms with E-state index in [-0.39, 0.29) is 11.8 Å². The van der Waals surface area contributed by atoms with E-state index in [0.717, 1.165) is 15.6 Å². The Morgan fingerprint density at radius 2 is 2.22 bits per heavy atom. The number of nitrogens with two attached hydrogens (primary N) is 1. The molecular weight excluding hydrogens is 290 g/mol. The summed E-state index contributed by atoms with van der Waals surface area (Å²) >= 11 is 3.02. The quantitative estimate of drug-likeness (QED) is 0.908. The number of nitrogens with zero attached hydrogens (tertiary/aromatic N) is 2. The van der Waals surface area contributed by atoms with Gasteiger partial charge in [0.1, 0.15) is 14.8 Å². The van der Waals surface area contributed by atoms with Crippen molar-refractivity contribution in [3.63, 3.8) is 0 Å². The third-order valence-corrected chi connectivity index (χ3v) is 5.12. The molecule has 0 fully saturated rings. The summed E-state index contributed by atoms with van der Waals surface area (Å²) in [5.41, 5.74) is 8.43. The average Bonchev–Trinajstić information content (AvgIpc) is 2.94. The van der Waals surface area contributed by atoms with Crippen LogP contribution in [0, 0.1) is 0 Å². The zero-order valence-electron chi connectivity index (χ0n) is 9.74. The number of sulfone groups is 1. The SMILES string of the molecule is CS(=O)(=O)CCC(N)c1csc(-c2cncs2)n1. The molecule has 1 atom stereocenters. The molecule has 8 heteroatoms. The van der Waals surface area contributed by atoms with Gasteiger partial charge in [0, 0.05) is 23.9 Å². The fourth-order valence-electron chi connectivity index (χ4n) is 1.38. The predicted molar refractivity (Wildman–Crippen MR) is 74.5 cm³/mol. The molecule has 0 aliphatic heterocycles. The second-order valence-corrected chi connectivity index (χ2v) is 7.97. The Labute approximate surface area is 114 Å². The molecule has 0 aromatic carbocycles. The molecule has 0 spiro atoms. The summed E-state index contributed by atoms with van der Waals surface area (Å²) in [5, 5.41) is 2.75. The third kappa shape index (κ3) is 3.58. The third-order valence-electron chi connectivity index (χ3n) is 2.34. The fourth-order valence-corrected chi connectivity index (χ4v) is 3.64. The van der Waals surface area contributed by atoms with Crippen molar-refractivity contribution in [3.05, 3.63) is 22.8 Å². The lowest BCUT2D eigenvalue weighted by molar-refractivity contribution is 0.590. The Balaban J connectivity index is 2.06. The van der Waals surface area contributed by atoms with Crippen LogP contribution < -0.4 is 5.73 Å². The first kappa shape index (κ1) is 13.6. The molecule has 2 aromatic heterocycles. The Hall–Kier alpha value is -0.830. The maximum absolute atomic E-state index is 11.1. The van der Waals surface area contributed by atoms with Crippen LogP contribution in [0.5, 0.6) is 0 Å². The van der Waals surface area contributed by atoms with Gasteiger partial charge in [0.05, 0.1) is 21.8 Å². The second-order valence-electron chi connectivity index (χ2n) is 3.97. The maximum atomic E-state index is 11.1. The van der Waals surface area contributed by atoms with Gasteiger partial charge in [0.25, 0.3) is 0 Å². The second kappa shape index (κ2) is 5.43. The molecule has 5 nitrogen and oxygen atoms in total. The highest BCUT2D eigenvalue weighted by Gasteiger charge is 2.14. The Bertz CT molecular complexity index is 604. The van der Waals surface area contributed by atoms with E-state index in [4.69, 9.17) is 5.73 Å². The number of rotatable bonds is 5. The standard InChI is InChI=1S/C10H13N3O2S3/c1-18(14,15)3-2-7(11)8-5-16-10(13-8)9-4-12-6-17-9/h4-7H,2-3,11H2,1H3. The predicted octanol–water partition coefficient (Wildman–Crippen LogP) is 1.70. The van der Waals surface area contributed by atoms with E-state index in [1.54, 1.807) is 11.7 Å². The van der Waals surface area contributed by atoms with Crippen molar-refractivity contribution in [2.24, 2.45) is 5.73 Å². The van der Waals surface area contributed by atoms with Gasteiger partial charge >= 0.3 is 0 Å². The number of hydrogen-bond acceptors (Lipinski definition) is 7. The van der Waals surface area contributed by atoms with E-state index < -0.39 is 9.84 Å². The first-order valence-electron chi connectivity index (χ1n) is 5.23. The van der Waals surface area contributed by atoms with Gasteiger partial charge < -0.3 is 5.73 Å². The fraction of sp³-hybridized carbons (Fsp3) is 0.400. The highest BCUT2D eigenvalue weighted by atomic mass is 32.2. The van der Waals surface area contributed by atoms with E-state index in [1.807, 2.05) is 5.38 Å². The highest BCUT2D eigenvalue weighted by Crippen LogP contribution is 2.28. The number of aromatic nitrogens is 2. The van der Waals surface area contributed by atoms with Gasteiger partial charge in [-0.25, -0.2) is 13.4 Å². The van der Waals surface area contributed by atoms with Crippen molar-refractivity contribution in [2.45, 2.75) is 12.5 Å². The number of thiazole rings is 2.